The van der Waals surface area contributed by atoms with Gasteiger partial charge >= 0.3 is 5.97 Å². The summed E-state index contributed by atoms with van der Waals surface area (Å²) >= 11 is 0. The van der Waals surface area contributed by atoms with E-state index >= 15 is 0 Å². The summed E-state index contributed by atoms with van der Waals surface area (Å²) in [5.41, 5.74) is 4.76. The Hall–Kier alpha value is -3.83. The first-order chi connectivity index (χ1) is 19.0. The van der Waals surface area contributed by atoms with Crippen molar-refractivity contribution >= 4 is 27.5 Å². The molecule has 0 bridgehead atoms. The number of hydrogen-bond acceptors (Lipinski definition) is 7. The average Bonchev–Trinajstić information content (AvgIpc) is 3.62. The number of aromatic nitrogens is 4. The minimum atomic E-state index is -3.81. The number of likely N-dealkylation sites (N-methyl/N-ethyl adjacent to an activating group) is 1. The van der Waals surface area contributed by atoms with Gasteiger partial charge in [0.05, 0.1) is 12.0 Å². The summed E-state index contributed by atoms with van der Waals surface area (Å²) < 4.78 is 31.3. The van der Waals surface area contributed by atoms with E-state index in [1.165, 1.54) is 0 Å². The molecule has 41 heavy (non-hydrogen) atoms. The second-order valence-corrected chi connectivity index (χ2v) is 13.0. The molecule has 11 heteroatoms. The van der Waals surface area contributed by atoms with Gasteiger partial charge in [-0.1, -0.05) is 25.6 Å². The summed E-state index contributed by atoms with van der Waals surface area (Å²) in [5, 5.41) is 18.3. The Bertz CT molecular complexity index is 1760. The Balaban J connectivity index is 0.00000337. The van der Waals surface area contributed by atoms with Crippen molar-refractivity contribution in [1.82, 2.24) is 23.9 Å². The zero-order valence-electron chi connectivity index (χ0n) is 23.0. The number of pyridine rings is 2. The molecular formula is C30H36N6O4S. The molecular weight excluding hydrogens is 540 g/mol. The molecule has 1 N–H and O–H groups in total. The molecule has 4 aromatic rings. The standard InChI is InChI=1S/C29H32N6O4S.CH4/c1-18-7-8-21(24(15-26(36)37)23-9-13-35-20(3)31-32-27(35)19(23)2)14-22(18)16-34-17-29(10-11-29)33(4)28-25(40(34,38)39)6-5-12-30-28;/h5-9,12-14,24H,10-11,15-17H2,1-4H3,(H,36,37);1H4/t24-;/m0./s1. The van der Waals surface area contributed by atoms with Crippen molar-refractivity contribution in [2.45, 2.75) is 70.4 Å². The third-order valence-corrected chi connectivity index (χ3v) is 10.4. The average molecular weight is 577 g/mol. The van der Waals surface area contributed by atoms with Crippen LogP contribution in [0.25, 0.3) is 5.65 Å². The topological polar surface area (TPSA) is 121 Å². The largest absolute Gasteiger partial charge is 0.481 e. The lowest BCUT2D eigenvalue weighted by atomic mass is 9.85. The maximum atomic E-state index is 13.9. The molecule has 1 atom stereocenters. The van der Waals surface area contributed by atoms with Crippen molar-refractivity contribution in [3.63, 3.8) is 0 Å². The second kappa shape index (κ2) is 10.2. The van der Waals surface area contributed by atoms with Gasteiger partial charge in [-0.3, -0.25) is 9.20 Å². The molecule has 3 aromatic heterocycles. The van der Waals surface area contributed by atoms with Crippen LogP contribution in [0, 0.1) is 20.8 Å². The number of anilines is 1. The van der Waals surface area contributed by atoms with Crippen molar-refractivity contribution < 1.29 is 18.3 Å². The fourth-order valence-electron chi connectivity index (χ4n) is 5.94. The number of aliphatic carboxylic acids is 1. The van der Waals surface area contributed by atoms with Crippen LogP contribution < -0.4 is 4.90 Å². The van der Waals surface area contributed by atoms with Crippen LogP contribution in [0.2, 0.25) is 0 Å². The van der Waals surface area contributed by atoms with Gasteiger partial charge in [0.1, 0.15) is 16.5 Å². The van der Waals surface area contributed by atoms with Gasteiger partial charge in [0.2, 0.25) is 10.0 Å². The van der Waals surface area contributed by atoms with Gasteiger partial charge in [0.25, 0.3) is 0 Å². The molecule has 0 unspecified atom stereocenters. The first-order valence-corrected chi connectivity index (χ1v) is 14.8. The van der Waals surface area contributed by atoms with E-state index in [0.29, 0.717) is 18.0 Å². The maximum absolute atomic E-state index is 13.9. The van der Waals surface area contributed by atoms with E-state index in [1.54, 1.807) is 22.6 Å². The fourth-order valence-corrected chi connectivity index (χ4v) is 7.61. The van der Waals surface area contributed by atoms with E-state index in [9.17, 15) is 18.3 Å². The molecule has 4 heterocycles. The Morgan fingerprint density at radius 2 is 1.88 bits per heavy atom. The zero-order valence-corrected chi connectivity index (χ0v) is 23.8. The van der Waals surface area contributed by atoms with Crippen LogP contribution >= 0.6 is 0 Å². The number of nitrogens with zero attached hydrogens (tertiary/aromatic N) is 6. The lowest BCUT2D eigenvalue weighted by Crippen LogP contribution is -2.43. The second-order valence-electron chi connectivity index (χ2n) is 11.1. The highest BCUT2D eigenvalue weighted by Crippen LogP contribution is 2.48. The quantitative estimate of drug-likeness (QED) is 0.357. The Labute approximate surface area is 240 Å². The molecule has 1 aliphatic carbocycles. The summed E-state index contributed by atoms with van der Waals surface area (Å²) in [6, 6.07) is 11.1. The minimum Gasteiger partial charge on any atom is -0.481 e. The summed E-state index contributed by atoms with van der Waals surface area (Å²) in [6.07, 6.45) is 5.19. The summed E-state index contributed by atoms with van der Waals surface area (Å²) in [4.78, 5) is 18.7. The van der Waals surface area contributed by atoms with Crippen LogP contribution in [0.15, 0.2) is 53.7 Å². The molecule has 0 radical (unpaired) electrons. The molecule has 1 fully saturated rings. The number of hydrogen-bond donors (Lipinski definition) is 1. The van der Waals surface area contributed by atoms with Gasteiger partial charge in [-0.25, -0.2) is 13.4 Å². The number of sulfonamides is 1. The van der Waals surface area contributed by atoms with Crippen LogP contribution in [0.4, 0.5) is 5.82 Å². The monoisotopic (exact) mass is 576 g/mol. The third-order valence-electron chi connectivity index (χ3n) is 8.61. The normalized spacial score (nSPS) is 18.0. The minimum absolute atomic E-state index is 0. The van der Waals surface area contributed by atoms with Crippen molar-refractivity contribution in [2.75, 3.05) is 18.5 Å². The number of rotatable bonds is 6. The predicted molar refractivity (Wildman–Crippen MR) is 157 cm³/mol. The number of aryl methyl sites for hydroxylation is 3. The van der Waals surface area contributed by atoms with Crippen molar-refractivity contribution in [2.24, 2.45) is 0 Å². The van der Waals surface area contributed by atoms with E-state index in [-0.39, 0.29) is 30.8 Å². The Morgan fingerprint density at radius 1 is 1.12 bits per heavy atom. The van der Waals surface area contributed by atoms with Gasteiger partial charge in [-0.05, 0) is 79.6 Å². The summed E-state index contributed by atoms with van der Waals surface area (Å²) in [6.45, 7) is 6.32. The molecule has 1 spiro atoms. The van der Waals surface area contributed by atoms with Crippen molar-refractivity contribution in [3.05, 3.63) is 82.4 Å². The smallest absolute Gasteiger partial charge is 0.304 e. The number of carboxylic acid groups (broad SMARTS) is 1. The summed E-state index contributed by atoms with van der Waals surface area (Å²) in [7, 11) is -1.89. The highest BCUT2D eigenvalue weighted by atomic mass is 32.2. The van der Waals surface area contributed by atoms with Crippen molar-refractivity contribution in [3.8, 4) is 0 Å². The Kier molecular flexibility index (Phi) is 7.15. The molecule has 0 saturated heterocycles. The lowest BCUT2D eigenvalue weighted by molar-refractivity contribution is -0.137. The molecule has 10 nitrogen and oxygen atoms in total. The van der Waals surface area contributed by atoms with Crippen LogP contribution in [-0.2, 0) is 21.4 Å². The first kappa shape index (κ1) is 28.7. The molecule has 1 aromatic carbocycles. The maximum Gasteiger partial charge on any atom is 0.304 e. The van der Waals surface area contributed by atoms with Crippen LogP contribution in [0.1, 0.15) is 66.2 Å². The summed E-state index contributed by atoms with van der Waals surface area (Å²) in [5.74, 6) is -0.108. The SMILES string of the molecule is C.Cc1ccc([C@H](CC(=O)O)c2ccn3c(C)nnc3c2C)cc1CN1CC2(CC2)N(C)c2ncccc2S1(=O)=O. The van der Waals surface area contributed by atoms with Gasteiger partial charge < -0.3 is 10.0 Å². The number of carbonyl (C=O) groups is 1. The molecule has 6 rings (SSSR count). The number of benzene rings is 1. The van der Waals surface area contributed by atoms with E-state index in [4.69, 9.17) is 0 Å². The van der Waals surface area contributed by atoms with Gasteiger partial charge in [0, 0.05) is 38.4 Å². The number of carboxylic acids is 1. The zero-order chi connectivity index (χ0) is 28.4. The van der Waals surface area contributed by atoms with E-state index in [2.05, 4.69) is 15.2 Å². The van der Waals surface area contributed by atoms with Crippen LogP contribution in [0.5, 0.6) is 0 Å². The van der Waals surface area contributed by atoms with Gasteiger partial charge in [-0.15, -0.1) is 10.2 Å². The Morgan fingerprint density at radius 3 is 2.59 bits per heavy atom. The molecule has 1 aliphatic heterocycles. The third kappa shape index (κ3) is 4.76. The molecule has 0 amide bonds. The van der Waals surface area contributed by atoms with Crippen LogP contribution in [0.3, 0.4) is 0 Å². The highest BCUT2D eigenvalue weighted by molar-refractivity contribution is 7.89. The fraction of sp³-hybridized carbons (Fsp3) is 0.400. The predicted octanol–water partition coefficient (Wildman–Crippen LogP) is 4.47. The van der Waals surface area contributed by atoms with E-state index in [0.717, 1.165) is 46.5 Å². The van der Waals surface area contributed by atoms with E-state index in [1.807, 2.05) is 67.6 Å². The highest BCUT2D eigenvalue weighted by Gasteiger charge is 2.53. The van der Waals surface area contributed by atoms with Gasteiger partial charge in [-0.2, -0.15) is 4.31 Å². The van der Waals surface area contributed by atoms with Crippen LogP contribution in [-0.4, -0.2) is 62.5 Å². The molecule has 1 saturated carbocycles. The lowest BCUT2D eigenvalue weighted by Gasteiger charge is -2.29. The molecule has 2 aliphatic rings. The van der Waals surface area contributed by atoms with Gasteiger partial charge in [0.15, 0.2) is 5.65 Å². The number of fused-ring (bicyclic) bond motifs is 2. The first-order valence-electron chi connectivity index (χ1n) is 13.3. The molecule has 216 valence electrons. The van der Waals surface area contributed by atoms with Crippen molar-refractivity contribution in [1.29, 1.82) is 0 Å². The van der Waals surface area contributed by atoms with E-state index < -0.39 is 21.9 Å².